The van der Waals surface area contributed by atoms with Gasteiger partial charge in [-0.05, 0) is 26.2 Å². The highest BCUT2D eigenvalue weighted by atomic mass is 15.1. The Kier molecular flexibility index (Phi) is 26.4. The lowest BCUT2D eigenvalue weighted by Gasteiger charge is -2.16. The van der Waals surface area contributed by atoms with E-state index in [2.05, 4.69) is 49.6 Å². The molecule has 0 aliphatic carbocycles. The van der Waals surface area contributed by atoms with Gasteiger partial charge in [-0.15, -0.1) is 0 Å². The molecular weight excluding hydrogens is 484 g/mol. The monoisotopic (exact) mass is 560 g/mol. The number of hydrogen-bond acceptors (Lipinski definition) is 0. The Hall–Kier alpha value is -0.790. The number of imidazole rings is 1. The van der Waals surface area contributed by atoms with Crippen LogP contribution in [0.1, 0.15) is 232 Å². The minimum Gasteiger partial charge on any atom is -0.247 e. The van der Waals surface area contributed by atoms with Crippen molar-refractivity contribution in [1.82, 2.24) is 4.98 Å². The number of nitrogens with one attached hydrogen (secondary N) is 1. The van der Waals surface area contributed by atoms with Crippen LogP contribution in [0.3, 0.4) is 0 Å². The number of nitrogens with zero attached hydrogens (tertiary/aromatic N) is 1. The molecule has 40 heavy (non-hydrogen) atoms. The summed E-state index contributed by atoms with van der Waals surface area (Å²) in [6.07, 6.45) is 46.0. The number of unbranched alkanes of at least 4 members (excludes halogenated alkanes) is 24. The van der Waals surface area contributed by atoms with Gasteiger partial charge >= 0.3 is 0 Å². The van der Waals surface area contributed by atoms with Gasteiger partial charge in [-0.3, -0.25) is 0 Å². The van der Waals surface area contributed by atoms with E-state index in [0.717, 1.165) is 0 Å². The second kappa shape index (κ2) is 28.3. The Bertz CT molecular complexity index is 621. The van der Waals surface area contributed by atoms with Gasteiger partial charge in [0.15, 0.2) is 0 Å². The molecule has 0 amide bonds. The summed E-state index contributed by atoms with van der Waals surface area (Å²) >= 11 is 0. The molecule has 0 aliphatic heterocycles. The zero-order valence-corrected chi connectivity index (χ0v) is 28.3. The van der Waals surface area contributed by atoms with Crippen LogP contribution in [0.25, 0.3) is 0 Å². The molecule has 0 fully saturated rings. The summed E-state index contributed by atoms with van der Waals surface area (Å²) in [7, 11) is 0. The van der Waals surface area contributed by atoms with Crippen molar-refractivity contribution < 1.29 is 4.57 Å². The molecule has 2 nitrogen and oxygen atoms in total. The molecule has 0 aromatic carbocycles. The molecule has 1 heterocycles. The smallest absolute Gasteiger partial charge is 0.247 e. The predicted molar refractivity (Wildman–Crippen MR) is 179 cm³/mol. The van der Waals surface area contributed by atoms with Gasteiger partial charge in [0.1, 0.15) is 12.4 Å². The van der Waals surface area contributed by atoms with Crippen molar-refractivity contribution >= 4 is 0 Å². The lowest BCUT2D eigenvalue weighted by Crippen LogP contribution is -2.40. The number of H-pyrrole nitrogens is 1. The first kappa shape index (κ1) is 37.2. The number of aromatic nitrogens is 2. The molecule has 0 spiro atoms. The SMILES string of the molecule is CCCCCCCCCCCCCCCCCCCC(CCCCCCCCCCC)c1[nH]cc[n+]1C(C)CC. The fourth-order valence-corrected chi connectivity index (χ4v) is 6.50. The van der Waals surface area contributed by atoms with Gasteiger partial charge < -0.3 is 0 Å². The van der Waals surface area contributed by atoms with E-state index in [1.54, 1.807) is 0 Å². The summed E-state index contributed by atoms with van der Waals surface area (Å²) in [5.74, 6) is 2.22. The first-order valence-electron chi connectivity index (χ1n) is 18.8. The molecular formula is C38H75N2+. The number of rotatable bonds is 31. The molecule has 0 saturated heterocycles. The van der Waals surface area contributed by atoms with Gasteiger partial charge in [0, 0.05) is 0 Å². The van der Waals surface area contributed by atoms with Crippen molar-refractivity contribution in [3.63, 3.8) is 0 Å². The minimum atomic E-state index is 0.599. The van der Waals surface area contributed by atoms with E-state index in [0.29, 0.717) is 12.0 Å². The van der Waals surface area contributed by atoms with Crippen molar-refractivity contribution in [1.29, 1.82) is 0 Å². The molecule has 2 unspecified atom stereocenters. The Morgan fingerprint density at radius 3 is 1.15 bits per heavy atom. The second-order valence-corrected chi connectivity index (χ2v) is 13.3. The lowest BCUT2D eigenvalue weighted by molar-refractivity contribution is -0.726. The van der Waals surface area contributed by atoms with Crippen LogP contribution in [0.4, 0.5) is 0 Å². The molecule has 0 radical (unpaired) electrons. The summed E-state index contributed by atoms with van der Waals surface area (Å²) in [5, 5.41) is 0. The molecule has 0 bridgehead atoms. The third kappa shape index (κ3) is 20.1. The predicted octanol–water partition coefficient (Wildman–Crippen LogP) is 13.3. The van der Waals surface area contributed by atoms with Gasteiger partial charge in [0.25, 0.3) is 5.82 Å². The van der Waals surface area contributed by atoms with E-state index in [-0.39, 0.29) is 0 Å². The topological polar surface area (TPSA) is 19.7 Å². The Labute approximate surface area is 253 Å². The average Bonchev–Trinajstić information content (AvgIpc) is 3.46. The van der Waals surface area contributed by atoms with Crippen molar-refractivity contribution in [2.45, 2.75) is 226 Å². The summed E-state index contributed by atoms with van der Waals surface area (Å²) in [6.45, 7) is 9.32. The van der Waals surface area contributed by atoms with Crippen LogP contribution < -0.4 is 4.57 Å². The average molecular weight is 560 g/mol. The van der Waals surface area contributed by atoms with Crippen LogP contribution in [0.15, 0.2) is 12.4 Å². The highest BCUT2D eigenvalue weighted by molar-refractivity contribution is 4.90. The quantitative estimate of drug-likeness (QED) is 0.0689. The summed E-state index contributed by atoms with van der Waals surface area (Å²) in [5.41, 5.74) is 0. The Balaban J connectivity index is 2.15. The van der Waals surface area contributed by atoms with Crippen molar-refractivity contribution in [3.8, 4) is 0 Å². The van der Waals surface area contributed by atoms with E-state index in [1.807, 2.05) is 0 Å². The van der Waals surface area contributed by atoms with E-state index in [4.69, 9.17) is 0 Å². The van der Waals surface area contributed by atoms with Crippen LogP contribution in [0, 0.1) is 0 Å². The maximum absolute atomic E-state index is 3.67. The van der Waals surface area contributed by atoms with Crippen LogP contribution in [-0.4, -0.2) is 4.98 Å². The third-order valence-electron chi connectivity index (χ3n) is 9.51. The van der Waals surface area contributed by atoms with Crippen LogP contribution in [-0.2, 0) is 0 Å². The van der Waals surface area contributed by atoms with Gasteiger partial charge in [-0.1, -0.05) is 188 Å². The third-order valence-corrected chi connectivity index (χ3v) is 9.51. The summed E-state index contributed by atoms with van der Waals surface area (Å²) in [6, 6.07) is 0.599. The van der Waals surface area contributed by atoms with Crippen LogP contribution >= 0.6 is 0 Å². The normalized spacial score (nSPS) is 13.2. The van der Waals surface area contributed by atoms with Gasteiger partial charge in [0.05, 0.1) is 12.0 Å². The van der Waals surface area contributed by atoms with E-state index in [1.165, 1.54) is 192 Å². The van der Waals surface area contributed by atoms with Crippen LogP contribution in [0.2, 0.25) is 0 Å². The maximum Gasteiger partial charge on any atom is 0.257 e. The fraction of sp³-hybridized carbons (Fsp3) is 0.921. The molecule has 1 rings (SSSR count). The first-order chi connectivity index (χ1) is 19.7. The maximum atomic E-state index is 3.67. The van der Waals surface area contributed by atoms with Crippen molar-refractivity contribution in [2.24, 2.45) is 0 Å². The number of aromatic amines is 1. The first-order valence-corrected chi connectivity index (χ1v) is 18.8. The van der Waals surface area contributed by atoms with Crippen molar-refractivity contribution in [3.05, 3.63) is 18.2 Å². The fourth-order valence-electron chi connectivity index (χ4n) is 6.50. The Morgan fingerprint density at radius 1 is 0.500 bits per heavy atom. The summed E-state index contributed by atoms with van der Waals surface area (Å²) < 4.78 is 2.55. The van der Waals surface area contributed by atoms with Gasteiger partial charge in [-0.25, -0.2) is 9.55 Å². The van der Waals surface area contributed by atoms with E-state index < -0.39 is 0 Å². The minimum absolute atomic E-state index is 0.599. The molecule has 236 valence electrons. The summed E-state index contributed by atoms with van der Waals surface area (Å²) in [4.78, 5) is 3.67. The molecule has 0 aliphatic rings. The van der Waals surface area contributed by atoms with Gasteiger partial charge in [0.2, 0.25) is 0 Å². The second-order valence-electron chi connectivity index (χ2n) is 13.3. The molecule has 1 aromatic heterocycles. The zero-order valence-electron chi connectivity index (χ0n) is 28.3. The largest absolute Gasteiger partial charge is 0.257 e. The standard InChI is InChI=1S/C38H74N2/c1-5-8-10-12-14-16-17-18-19-20-21-22-23-25-27-29-31-33-37(38-39-34-35-40(38)36(4)7-3)32-30-28-26-24-15-13-11-9-6-2/h34-37H,5-33H2,1-4H3/p+1. The Morgan fingerprint density at radius 2 is 0.825 bits per heavy atom. The van der Waals surface area contributed by atoms with E-state index in [9.17, 15) is 0 Å². The molecule has 2 atom stereocenters. The highest BCUT2D eigenvalue weighted by Gasteiger charge is 2.24. The molecule has 1 aromatic rings. The van der Waals surface area contributed by atoms with E-state index >= 15 is 0 Å². The zero-order chi connectivity index (χ0) is 28.9. The highest BCUT2D eigenvalue weighted by Crippen LogP contribution is 2.27. The van der Waals surface area contributed by atoms with Gasteiger partial charge in [-0.2, -0.15) is 0 Å². The molecule has 1 N–H and O–H groups in total. The lowest BCUT2D eigenvalue weighted by atomic mass is 9.93. The molecule has 0 saturated carbocycles. The van der Waals surface area contributed by atoms with Crippen molar-refractivity contribution in [2.75, 3.05) is 0 Å². The molecule has 2 heteroatoms. The van der Waals surface area contributed by atoms with Crippen LogP contribution in [0.5, 0.6) is 0 Å². The number of hydrogen-bond donors (Lipinski definition) is 1.